The van der Waals surface area contributed by atoms with Crippen molar-refractivity contribution >= 4 is 17.8 Å². The van der Waals surface area contributed by atoms with E-state index in [1.807, 2.05) is 13.8 Å². The van der Waals surface area contributed by atoms with Crippen LogP contribution >= 0.6 is 0 Å². The lowest BCUT2D eigenvalue weighted by Crippen LogP contribution is -2.41. The Morgan fingerprint density at radius 2 is 2.00 bits per heavy atom. The largest absolute Gasteiger partial charge is 0.475 e. The lowest BCUT2D eigenvalue weighted by Gasteiger charge is -2.23. The Balaban J connectivity index is 2.65. The highest BCUT2D eigenvalue weighted by atomic mass is 16.4. The molecule has 1 atom stereocenters. The maximum absolute atomic E-state index is 12.0. The molecule has 2 N–H and O–H groups in total. The van der Waals surface area contributed by atoms with Crippen molar-refractivity contribution in [3.8, 4) is 0 Å². The number of likely N-dealkylation sites (N-methyl/N-ethyl adjacent to an activating group) is 1. The highest BCUT2D eigenvalue weighted by Gasteiger charge is 2.19. The SMILES string of the molecule is CCN(CC)C(=O)C(C)Nc1ccc(C(=O)O)o1. The molecule has 0 aliphatic rings. The number of carbonyl (C=O) groups is 2. The van der Waals surface area contributed by atoms with Crippen LogP contribution in [0, 0.1) is 0 Å². The minimum atomic E-state index is -1.13. The number of anilines is 1. The molecule has 1 heterocycles. The molecule has 0 saturated carbocycles. The number of hydrogen-bond acceptors (Lipinski definition) is 4. The Kier molecular flexibility index (Phi) is 4.76. The van der Waals surface area contributed by atoms with Crippen LogP contribution in [0.15, 0.2) is 16.5 Å². The molecule has 1 rings (SSSR count). The topological polar surface area (TPSA) is 82.8 Å². The first-order valence-corrected chi connectivity index (χ1v) is 5.88. The predicted octanol–water partition coefficient (Wildman–Crippen LogP) is 1.65. The van der Waals surface area contributed by atoms with Gasteiger partial charge in [-0.3, -0.25) is 4.79 Å². The second-order valence-corrected chi connectivity index (χ2v) is 3.85. The maximum atomic E-state index is 12.0. The van der Waals surface area contributed by atoms with Gasteiger partial charge in [0.25, 0.3) is 0 Å². The first-order chi connectivity index (χ1) is 8.49. The van der Waals surface area contributed by atoms with Crippen LogP contribution in [0.4, 0.5) is 5.88 Å². The summed E-state index contributed by atoms with van der Waals surface area (Å²) >= 11 is 0. The van der Waals surface area contributed by atoms with Gasteiger partial charge in [-0.2, -0.15) is 0 Å². The summed E-state index contributed by atoms with van der Waals surface area (Å²) in [5.74, 6) is -1.06. The van der Waals surface area contributed by atoms with Gasteiger partial charge >= 0.3 is 5.97 Å². The Bertz CT molecular complexity index is 423. The molecule has 0 aromatic carbocycles. The van der Waals surface area contributed by atoms with E-state index in [0.717, 1.165) is 0 Å². The normalized spacial score (nSPS) is 11.9. The molecule has 100 valence electrons. The van der Waals surface area contributed by atoms with Gasteiger partial charge in [0, 0.05) is 19.2 Å². The average Bonchev–Trinajstić information content (AvgIpc) is 2.79. The third-order valence-electron chi connectivity index (χ3n) is 2.62. The number of carboxylic acids is 1. The molecule has 0 aliphatic heterocycles. The van der Waals surface area contributed by atoms with Crippen molar-refractivity contribution in [1.29, 1.82) is 0 Å². The fraction of sp³-hybridized carbons (Fsp3) is 0.500. The number of hydrogen-bond donors (Lipinski definition) is 2. The van der Waals surface area contributed by atoms with Crippen molar-refractivity contribution in [2.45, 2.75) is 26.8 Å². The fourth-order valence-electron chi connectivity index (χ4n) is 1.61. The molecule has 18 heavy (non-hydrogen) atoms. The van der Waals surface area contributed by atoms with Crippen molar-refractivity contribution < 1.29 is 19.1 Å². The number of carboxylic acid groups (broad SMARTS) is 1. The van der Waals surface area contributed by atoms with Crippen LogP contribution in [-0.4, -0.2) is 41.0 Å². The van der Waals surface area contributed by atoms with Crippen LogP contribution in [0.1, 0.15) is 31.3 Å². The quantitative estimate of drug-likeness (QED) is 0.806. The fourth-order valence-corrected chi connectivity index (χ4v) is 1.61. The molecule has 1 aromatic rings. The van der Waals surface area contributed by atoms with Crippen LogP contribution < -0.4 is 5.32 Å². The predicted molar refractivity (Wildman–Crippen MR) is 66.7 cm³/mol. The van der Waals surface area contributed by atoms with Gasteiger partial charge in [-0.05, 0) is 26.8 Å². The number of nitrogens with zero attached hydrogens (tertiary/aromatic N) is 1. The van der Waals surface area contributed by atoms with E-state index in [9.17, 15) is 9.59 Å². The first kappa shape index (κ1) is 14.1. The molecule has 0 aliphatic carbocycles. The lowest BCUT2D eigenvalue weighted by atomic mass is 10.3. The van der Waals surface area contributed by atoms with Gasteiger partial charge in [0.2, 0.25) is 11.7 Å². The number of carbonyl (C=O) groups excluding carboxylic acids is 1. The highest BCUT2D eigenvalue weighted by molar-refractivity contribution is 5.86. The second-order valence-electron chi connectivity index (χ2n) is 3.85. The monoisotopic (exact) mass is 254 g/mol. The molecule has 6 heteroatoms. The molecule has 0 bridgehead atoms. The van der Waals surface area contributed by atoms with Gasteiger partial charge in [-0.15, -0.1) is 0 Å². The van der Waals surface area contributed by atoms with Crippen LogP contribution in [-0.2, 0) is 4.79 Å². The van der Waals surface area contributed by atoms with Gasteiger partial charge in [0.05, 0.1) is 0 Å². The molecule has 0 fully saturated rings. The van der Waals surface area contributed by atoms with E-state index in [4.69, 9.17) is 9.52 Å². The Hall–Kier alpha value is -1.98. The van der Waals surface area contributed by atoms with E-state index >= 15 is 0 Å². The third-order valence-corrected chi connectivity index (χ3v) is 2.62. The summed E-state index contributed by atoms with van der Waals surface area (Å²) in [5, 5.41) is 11.6. The van der Waals surface area contributed by atoms with Crippen molar-refractivity contribution in [3.63, 3.8) is 0 Å². The van der Waals surface area contributed by atoms with Gasteiger partial charge < -0.3 is 19.7 Å². The van der Waals surface area contributed by atoms with Gasteiger partial charge in [0.1, 0.15) is 6.04 Å². The Labute approximate surface area is 106 Å². The van der Waals surface area contributed by atoms with Crippen LogP contribution in [0.3, 0.4) is 0 Å². The molecule has 6 nitrogen and oxygen atoms in total. The minimum Gasteiger partial charge on any atom is -0.475 e. The number of nitrogens with one attached hydrogen (secondary N) is 1. The maximum Gasteiger partial charge on any atom is 0.371 e. The summed E-state index contributed by atoms with van der Waals surface area (Å²) in [6, 6.07) is 2.38. The summed E-state index contributed by atoms with van der Waals surface area (Å²) in [7, 11) is 0. The van der Waals surface area contributed by atoms with E-state index < -0.39 is 12.0 Å². The minimum absolute atomic E-state index is 0.0479. The number of rotatable bonds is 6. The summed E-state index contributed by atoms with van der Waals surface area (Å²) < 4.78 is 5.03. The van der Waals surface area contributed by atoms with Gasteiger partial charge in [-0.1, -0.05) is 0 Å². The first-order valence-electron chi connectivity index (χ1n) is 5.88. The van der Waals surface area contributed by atoms with Crippen LogP contribution in [0.5, 0.6) is 0 Å². The number of furan rings is 1. The number of amides is 1. The van der Waals surface area contributed by atoms with Crippen molar-refractivity contribution in [1.82, 2.24) is 4.90 Å². The van der Waals surface area contributed by atoms with Crippen molar-refractivity contribution in [2.75, 3.05) is 18.4 Å². The van der Waals surface area contributed by atoms with E-state index in [0.29, 0.717) is 13.1 Å². The van der Waals surface area contributed by atoms with Gasteiger partial charge in [-0.25, -0.2) is 4.79 Å². The van der Waals surface area contributed by atoms with Crippen LogP contribution in [0.2, 0.25) is 0 Å². The summed E-state index contributed by atoms with van der Waals surface area (Å²) in [5.41, 5.74) is 0. The molecule has 1 aromatic heterocycles. The van der Waals surface area contributed by atoms with Gasteiger partial charge in [0.15, 0.2) is 5.88 Å². The zero-order valence-corrected chi connectivity index (χ0v) is 10.8. The summed E-state index contributed by atoms with van der Waals surface area (Å²) in [6.45, 7) is 6.80. The smallest absolute Gasteiger partial charge is 0.371 e. The van der Waals surface area contributed by atoms with E-state index in [-0.39, 0.29) is 17.6 Å². The second kappa shape index (κ2) is 6.09. The van der Waals surface area contributed by atoms with E-state index in [1.165, 1.54) is 12.1 Å². The Morgan fingerprint density at radius 3 is 2.44 bits per heavy atom. The third kappa shape index (κ3) is 3.26. The number of aromatic carboxylic acids is 1. The lowest BCUT2D eigenvalue weighted by molar-refractivity contribution is -0.131. The summed E-state index contributed by atoms with van der Waals surface area (Å²) in [4.78, 5) is 24.3. The molecule has 1 amide bonds. The molecular weight excluding hydrogens is 236 g/mol. The average molecular weight is 254 g/mol. The molecule has 1 unspecified atom stereocenters. The zero-order valence-electron chi connectivity index (χ0n) is 10.8. The molecule has 0 saturated heterocycles. The van der Waals surface area contributed by atoms with Crippen LogP contribution in [0.25, 0.3) is 0 Å². The molecule has 0 spiro atoms. The van der Waals surface area contributed by atoms with Crippen molar-refractivity contribution in [2.24, 2.45) is 0 Å². The van der Waals surface area contributed by atoms with E-state index in [2.05, 4.69) is 5.32 Å². The summed E-state index contributed by atoms with van der Waals surface area (Å²) in [6.07, 6.45) is 0. The van der Waals surface area contributed by atoms with Crippen molar-refractivity contribution in [3.05, 3.63) is 17.9 Å². The standard InChI is InChI=1S/C12H18N2O4/c1-4-14(5-2)11(15)8(3)13-10-7-6-9(18-10)12(16)17/h6-8,13H,4-5H2,1-3H3,(H,16,17). The molecular formula is C12H18N2O4. The van der Waals surface area contributed by atoms with E-state index in [1.54, 1.807) is 11.8 Å². The zero-order chi connectivity index (χ0) is 13.7. The Morgan fingerprint density at radius 1 is 1.39 bits per heavy atom. The molecule has 0 radical (unpaired) electrons. The highest BCUT2D eigenvalue weighted by Crippen LogP contribution is 2.14.